The van der Waals surface area contributed by atoms with Crippen LogP contribution in [0.4, 0.5) is 0 Å². The second kappa shape index (κ2) is 7.45. The summed E-state index contributed by atoms with van der Waals surface area (Å²) < 4.78 is 5.38. The van der Waals surface area contributed by atoms with Crippen molar-refractivity contribution in [3.8, 4) is 23.9 Å². The molecule has 0 radical (unpaired) electrons. The minimum absolute atomic E-state index is 0.0312. The van der Waals surface area contributed by atoms with Crippen LogP contribution in [0, 0.1) is 23.9 Å². The fourth-order valence-corrected chi connectivity index (χ4v) is 2.12. The second-order valence-corrected chi connectivity index (χ2v) is 5.47. The lowest BCUT2D eigenvalue weighted by Gasteiger charge is -1.99. The quantitative estimate of drug-likeness (QED) is 0.613. The van der Waals surface area contributed by atoms with Crippen molar-refractivity contribution in [2.24, 2.45) is 0 Å². The lowest BCUT2D eigenvalue weighted by Crippen LogP contribution is -1.98. The molecule has 0 amide bonds. The predicted molar refractivity (Wildman–Crippen MR) is 96.1 cm³/mol. The maximum Gasteiger partial charge on any atom is 0.147 e. The molecule has 0 bridgehead atoms. The zero-order chi connectivity index (χ0) is 15.9. The Bertz CT molecular complexity index is 839. The second-order valence-electron chi connectivity index (χ2n) is 4.95. The van der Waals surface area contributed by atoms with Crippen molar-refractivity contribution >= 4 is 12.6 Å². The Hall–Kier alpha value is -2.81. The molecule has 0 aliphatic heterocycles. The van der Waals surface area contributed by atoms with Crippen LogP contribution in [0.2, 0.25) is 0 Å². The number of rotatable bonds is 1. The van der Waals surface area contributed by atoms with Crippen molar-refractivity contribution in [3.63, 3.8) is 0 Å². The van der Waals surface area contributed by atoms with E-state index in [0.29, 0.717) is 0 Å². The van der Waals surface area contributed by atoms with Crippen LogP contribution in [0.5, 0.6) is 0 Å². The van der Waals surface area contributed by atoms with Gasteiger partial charge in [-0.1, -0.05) is 24.0 Å². The van der Waals surface area contributed by atoms with Crippen LogP contribution in [0.25, 0.3) is 0 Å². The van der Waals surface area contributed by atoms with Crippen LogP contribution in [0.1, 0.15) is 16.7 Å². The molecule has 2 aromatic carbocycles. The number of allylic oxidation sites excluding steroid dienone is 2. The van der Waals surface area contributed by atoms with Gasteiger partial charge in [0, 0.05) is 21.6 Å². The van der Waals surface area contributed by atoms with E-state index >= 15 is 0 Å². The van der Waals surface area contributed by atoms with Gasteiger partial charge >= 0.3 is 0 Å². The van der Waals surface area contributed by atoms with Crippen molar-refractivity contribution in [2.45, 2.75) is 11.0 Å². The normalized spacial score (nSPS) is 12.2. The molecule has 0 atom stereocenters. The summed E-state index contributed by atoms with van der Waals surface area (Å²) in [6, 6.07) is 15.6. The van der Waals surface area contributed by atoms with Gasteiger partial charge in [-0.3, -0.25) is 0 Å². The Kier molecular flexibility index (Phi) is 4.89. The van der Waals surface area contributed by atoms with Crippen LogP contribution >= 0.6 is 12.6 Å². The molecule has 0 aromatic heterocycles. The number of thiol groups is 1. The molecule has 2 heteroatoms. The summed E-state index contributed by atoms with van der Waals surface area (Å²) in [6.45, 7) is 0. The van der Waals surface area contributed by atoms with Crippen LogP contribution < -0.4 is 0 Å². The van der Waals surface area contributed by atoms with Gasteiger partial charge in [-0.15, -0.1) is 12.6 Å². The molecule has 0 N–H and O–H groups in total. The molecule has 1 aliphatic rings. The van der Waals surface area contributed by atoms with Gasteiger partial charge in [0.2, 0.25) is 0 Å². The van der Waals surface area contributed by atoms with E-state index < -0.39 is 0 Å². The summed E-state index contributed by atoms with van der Waals surface area (Å²) in [5, 5.41) is 0. The van der Waals surface area contributed by atoms with Crippen LogP contribution in [0.15, 0.2) is 77.7 Å². The predicted octanol–water partition coefficient (Wildman–Crippen LogP) is 4.20. The first kappa shape index (κ1) is 15.1. The lowest BCUT2D eigenvalue weighted by molar-refractivity contribution is 0.258. The molecule has 110 valence electrons. The Morgan fingerprint density at radius 3 is 1.74 bits per heavy atom. The van der Waals surface area contributed by atoms with Gasteiger partial charge in [0.25, 0.3) is 0 Å². The molecule has 0 saturated heterocycles. The highest BCUT2D eigenvalue weighted by molar-refractivity contribution is 7.80. The van der Waals surface area contributed by atoms with Gasteiger partial charge in [-0.2, -0.15) is 0 Å². The number of hydrogen-bond acceptors (Lipinski definition) is 2. The Morgan fingerprint density at radius 1 is 0.696 bits per heavy atom. The van der Waals surface area contributed by atoms with Gasteiger partial charge in [0.15, 0.2) is 0 Å². The largest absolute Gasteiger partial charge is 0.434 e. The smallest absolute Gasteiger partial charge is 0.147 e. The van der Waals surface area contributed by atoms with Crippen molar-refractivity contribution in [1.82, 2.24) is 0 Å². The fourth-order valence-electron chi connectivity index (χ4n) is 1.97. The average Bonchev–Trinajstić information content (AvgIpc) is 3.09. The highest BCUT2D eigenvalue weighted by Gasteiger charge is 2.00. The minimum atomic E-state index is -0.0312. The zero-order valence-corrected chi connectivity index (χ0v) is 13.3. The summed E-state index contributed by atoms with van der Waals surface area (Å²) in [6.07, 6.45) is 10.5. The van der Waals surface area contributed by atoms with Crippen molar-refractivity contribution < 1.29 is 4.74 Å². The van der Waals surface area contributed by atoms with E-state index in [-0.39, 0.29) is 6.10 Å². The summed E-state index contributed by atoms with van der Waals surface area (Å²) in [4.78, 5) is 0.935. The molecule has 1 aliphatic carbocycles. The Labute approximate surface area is 142 Å². The molecule has 0 unspecified atom stereocenters. The maximum absolute atomic E-state index is 5.38. The zero-order valence-electron chi connectivity index (χ0n) is 12.4. The standard InChI is InChI=1S/C21H14OS/c23-21-13-11-18(12-14-21)6-5-17-7-9-19(10-8-17)15-16-22-20-3-1-2-4-20/h1-4,7-14,20,23H. The molecular formula is C21H14OS. The van der Waals surface area contributed by atoms with Crippen LogP contribution in [-0.2, 0) is 4.74 Å². The van der Waals surface area contributed by atoms with E-state index in [9.17, 15) is 0 Å². The number of benzene rings is 2. The average molecular weight is 314 g/mol. The summed E-state index contributed by atoms with van der Waals surface area (Å²) in [5.74, 6) is 9.25. The van der Waals surface area contributed by atoms with Crippen molar-refractivity contribution in [1.29, 1.82) is 0 Å². The van der Waals surface area contributed by atoms with Crippen LogP contribution in [0.3, 0.4) is 0 Å². The maximum atomic E-state index is 5.38. The van der Waals surface area contributed by atoms with Crippen LogP contribution in [-0.4, -0.2) is 6.10 Å². The third-order valence-corrected chi connectivity index (χ3v) is 3.50. The fraction of sp³-hybridized carbons (Fsp3) is 0.0476. The van der Waals surface area contributed by atoms with Gasteiger partial charge in [-0.05, 0) is 66.6 Å². The van der Waals surface area contributed by atoms with E-state index in [2.05, 4.69) is 36.5 Å². The van der Waals surface area contributed by atoms with Gasteiger partial charge < -0.3 is 4.74 Å². The molecule has 2 aromatic rings. The SMILES string of the molecule is Sc1ccc(C#Cc2ccc(C#COC3C=CC=C3)cc2)cc1. The highest BCUT2D eigenvalue weighted by Crippen LogP contribution is 2.08. The topological polar surface area (TPSA) is 9.23 Å². The van der Waals surface area contributed by atoms with E-state index in [0.717, 1.165) is 21.6 Å². The molecule has 23 heavy (non-hydrogen) atoms. The number of ether oxygens (including phenoxy) is 1. The lowest BCUT2D eigenvalue weighted by atomic mass is 10.1. The van der Waals surface area contributed by atoms with E-state index in [1.54, 1.807) is 0 Å². The molecule has 3 rings (SSSR count). The minimum Gasteiger partial charge on any atom is -0.434 e. The Morgan fingerprint density at radius 2 is 1.17 bits per heavy atom. The summed E-state index contributed by atoms with van der Waals surface area (Å²) >= 11 is 4.26. The third-order valence-electron chi connectivity index (χ3n) is 3.21. The molecule has 0 fully saturated rings. The molecule has 1 nitrogen and oxygen atoms in total. The van der Waals surface area contributed by atoms with E-state index in [4.69, 9.17) is 4.74 Å². The van der Waals surface area contributed by atoms with E-state index in [1.165, 1.54) is 0 Å². The Balaban J connectivity index is 1.63. The summed E-state index contributed by atoms with van der Waals surface area (Å²) in [5.41, 5.74) is 2.83. The molecule has 0 heterocycles. The first-order valence-electron chi connectivity index (χ1n) is 7.22. The highest BCUT2D eigenvalue weighted by atomic mass is 32.1. The third kappa shape index (κ3) is 4.58. The van der Waals surface area contributed by atoms with E-state index in [1.807, 2.05) is 72.8 Å². The number of hydrogen-bond donors (Lipinski definition) is 1. The van der Waals surface area contributed by atoms with Crippen molar-refractivity contribution in [2.75, 3.05) is 0 Å². The molecular weight excluding hydrogens is 300 g/mol. The van der Waals surface area contributed by atoms with Gasteiger partial charge in [-0.25, -0.2) is 0 Å². The first-order chi connectivity index (χ1) is 11.3. The van der Waals surface area contributed by atoms with Gasteiger partial charge in [0.05, 0.1) is 0 Å². The molecule has 0 saturated carbocycles. The summed E-state index contributed by atoms with van der Waals surface area (Å²) in [7, 11) is 0. The monoisotopic (exact) mass is 314 g/mol. The molecule has 0 spiro atoms. The van der Waals surface area contributed by atoms with Crippen molar-refractivity contribution in [3.05, 3.63) is 89.5 Å². The first-order valence-corrected chi connectivity index (χ1v) is 7.67. The van der Waals surface area contributed by atoms with Gasteiger partial charge in [0.1, 0.15) is 12.2 Å².